The second-order valence-electron chi connectivity index (χ2n) is 5.97. The van der Waals surface area contributed by atoms with Crippen molar-refractivity contribution < 1.29 is 5.11 Å². The predicted octanol–water partition coefficient (Wildman–Crippen LogP) is 5.27. The van der Waals surface area contributed by atoms with Crippen LogP contribution in [0.1, 0.15) is 50.6 Å². The minimum atomic E-state index is -0.684. The lowest BCUT2D eigenvalue weighted by Gasteiger charge is -2.23. The summed E-state index contributed by atoms with van der Waals surface area (Å²) in [7, 11) is 0. The third kappa shape index (κ3) is 2.73. The van der Waals surface area contributed by atoms with Crippen LogP contribution in [0.3, 0.4) is 0 Å². The molecule has 0 saturated carbocycles. The summed E-state index contributed by atoms with van der Waals surface area (Å²) < 4.78 is 0. The number of aliphatic hydroxyl groups is 1. The standard InChI is InChI=1S/C19H23ClO/c1-10-7-8-16(17(20)9-10)19(21)18-14(5)12(3)11(2)13(4)15(18)6/h7-9,19,21H,1-6H3. The van der Waals surface area contributed by atoms with Gasteiger partial charge < -0.3 is 5.11 Å². The third-order valence-electron chi connectivity index (χ3n) is 4.78. The Labute approximate surface area is 132 Å². The van der Waals surface area contributed by atoms with Gasteiger partial charge in [0, 0.05) is 10.6 Å². The van der Waals surface area contributed by atoms with Crippen LogP contribution in [-0.2, 0) is 0 Å². The molecule has 0 bridgehead atoms. The Morgan fingerprint density at radius 2 is 1.29 bits per heavy atom. The van der Waals surface area contributed by atoms with E-state index < -0.39 is 6.10 Å². The highest BCUT2D eigenvalue weighted by Crippen LogP contribution is 2.36. The smallest absolute Gasteiger partial charge is 0.106 e. The molecular formula is C19H23ClO. The van der Waals surface area contributed by atoms with E-state index >= 15 is 0 Å². The fourth-order valence-corrected chi connectivity index (χ4v) is 3.29. The molecule has 1 atom stereocenters. The molecule has 2 aromatic carbocycles. The quantitative estimate of drug-likeness (QED) is 0.801. The highest BCUT2D eigenvalue weighted by Gasteiger charge is 2.21. The van der Waals surface area contributed by atoms with Gasteiger partial charge in [-0.15, -0.1) is 0 Å². The first kappa shape index (κ1) is 16.1. The maximum absolute atomic E-state index is 10.9. The molecule has 112 valence electrons. The van der Waals surface area contributed by atoms with Gasteiger partial charge in [-0.1, -0.05) is 23.7 Å². The van der Waals surface area contributed by atoms with E-state index in [-0.39, 0.29) is 0 Å². The normalized spacial score (nSPS) is 12.6. The Hall–Kier alpha value is -1.31. The van der Waals surface area contributed by atoms with Crippen LogP contribution in [0.15, 0.2) is 18.2 Å². The van der Waals surface area contributed by atoms with E-state index in [0.29, 0.717) is 5.02 Å². The van der Waals surface area contributed by atoms with Gasteiger partial charge in [-0.3, -0.25) is 0 Å². The average Bonchev–Trinajstić information content (AvgIpc) is 2.43. The average molecular weight is 303 g/mol. The molecule has 0 radical (unpaired) electrons. The molecule has 0 aliphatic heterocycles. The van der Waals surface area contributed by atoms with Crippen LogP contribution in [-0.4, -0.2) is 5.11 Å². The number of benzene rings is 2. The van der Waals surface area contributed by atoms with Gasteiger partial charge in [0.15, 0.2) is 0 Å². The topological polar surface area (TPSA) is 20.2 Å². The first-order valence-electron chi connectivity index (χ1n) is 7.26. The van der Waals surface area contributed by atoms with Gasteiger partial charge in [-0.05, 0) is 86.6 Å². The summed E-state index contributed by atoms with van der Waals surface area (Å²) in [5.41, 5.74) is 8.96. The van der Waals surface area contributed by atoms with Gasteiger partial charge in [-0.2, -0.15) is 0 Å². The molecular weight excluding hydrogens is 280 g/mol. The third-order valence-corrected chi connectivity index (χ3v) is 5.11. The molecule has 2 heteroatoms. The highest BCUT2D eigenvalue weighted by atomic mass is 35.5. The van der Waals surface area contributed by atoms with Crippen LogP contribution in [0.5, 0.6) is 0 Å². The molecule has 1 nitrogen and oxygen atoms in total. The number of rotatable bonds is 2. The van der Waals surface area contributed by atoms with E-state index in [9.17, 15) is 5.11 Å². The maximum Gasteiger partial charge on any atom is 0.106 e. The number of hydrogen-bond acceptors (Lipinski definition) is 1. The summed E-state index contributed by atoms with van der Waals surface area (Å²) >= 11 is 6.33. The molecule has 0 saturated heterocycles. The largest absolute Gasteiger partial charge is 0.384 e. The SMILES string of the molecule is Cc1ccc(C(O)c2c(C)c(C)c(C)c(C)c2C)c(Cl)c1. The number of hydrogen-bond donors (Lipinski definition) is 1. The Morgan fingerprint density at radius 3 is 1.76 bits per heavy atom. The van der Waals surface area contributed by atoms with Crippen molar-refractivity contribution in [1.82, 2.24) is 0 Å². The Balaban J connectivity index is 2.66. The predicted molar refractivity (Wildman–Crippen MR) is 90.4 cm³/mol. The van der Waals surface area contributed by atoms with Crippen molar-refractivity contribution in [1.29, 1.82) is 0 Å². The van der Waals surface area contributed by atoms with Crippen molar-refractivity contribution >= 4 is 11.6 Å². The molecule has 0 aromatic heterocycles. The molecule has 0 fully saturated rings. The molecule has 2 rings (SSSR count). The molecule has 2 aromatic rings. The summed E-state index contributed by atoms with van der Waals surface area (Å²) in [5.74, 6) is 0. The van der Waals surface area contributed by atoms with E-state index in [0.717, 1.165) is 27.8 Å². The van der Waals surface area contributed by atoms with Gasteiger partial charge in [0.2, 0.25) is 0 Å². The molecule has 21 heavy (non-hydrogen) atoms. The van der Waals surface area contributed by atoms with E-state index in [1.807, 2.05) is 25.1 Å². The van der Waals surface area contributed by atoms with Crippen LogP contribution in [0.25, 0.3) is 0 Å². The molecule has 0 spiro atoms. The van der Waals surface area contributed by atoms with Gasteiger partial charge in [0.25, 0.3) is 0 Å². The molecule has 1 N–H and O–H groups in total. The fourth-order valence-electron chi connectivity index (χ4n) is 2.95. The second-order valence-corrected chi connectivity index (χ2v) is 6.37. The number of aliphatic hydroxyl groups excluding tert-OH is 1. The second kappa shape index (κ2) is 5.82. The fraction of sp³-hybridized carbons (Fsp3) is 0.368. The van der Waals surface area contributed by atoms with Gasteiger partial charge >= 0.3 is 0 Å². The first-order valence-corrected chi connectivity index (χ1v) is 7.64. The van der Waals surface area contributed by atoms with Crippen LogP contribution in [0, 0.1) is 41.5 Å². The molecule has 0 amide bonds. The summed E-state index contributed by atoms with van der Waals surface area (Å²) in [6.45, 7) is 12.5. The molecule has 0 aliphatic carbocycles. The first-order chi connectivity index (χ1) is 9.75. The summed E-state index contributed by atoms with van der Waals surface area (Å²) in [6.07, 6.45) is -0.684. The van der Waals surface area contributed by atoms with Crippen LogP contribution in [0.4, 0.5) is 0 Å². The van der Waals surface area contributed by atoms with Crippen LogP contribution < -0.4 is 0 Å². The van der Waals surface area contributed by atoms with E-state index in [1.54, 1.807) is 0 Å². The Kier molecular flexibility index (Phi) is 4.46. The van der Waals surface area contributed by atoms with E-state index in [1.165, 1.54) is 16.7 Å². The minimum absolute atomic E-state index is 0.622. The zero-order valence-electron chi connectivity index (χ0n) is 13.6. The van der Waals surface area contributed by atoms with Crippen molar-refractivity contribution in [3.63, 3.8) is 0 Å². The lowest BCUT2D eigenvalue weighted by atomic mass is 9.85. The van der Waals surface area contributed by atoms with Crippen molar-refractivity contribution in [2.24, 2.45) is 0 Å². The number of aryl methyl sites for hydroxylation is 1. The summed E-state index contributed by atoms with van der Waals surface area (Å²) in [4.78, 5) is 0. The van der Waals surface area contributed by atoms with Crippen molar-refractivity contribution in [2.45, 2.75) is 47.6 Å². The zero-order chi connectivity index (χ0) is 15.9. The zero-order valence-corrected chi connectivity index (χ0v) is 14.4. The summed E-state index contributed by atoms with van der Waals surface area (Å²) in [5, 5.41) is 11.5. The van der Waals surface area contributed by atoms with Gasteiger partial charge in [0.05, 0.1) is 0 Å². The minimum Gasteiger partial charge on any atom is -0.384 e. The monoisotopic (exact) mass is 302 g/mol. The molecule has 1 unspecified atom stereocenters. The Morgan fingerprint density at radius 1 is 0.810 bits per heavy atom. The summed E-state index contributed by atoms with van der Waals surface area (Å²) in [6, 6.07) is 5.81. The van der Waals surface area contributed by atoms with Gasteiger partial charge in [-0.25, -0.2) is 0 Å². The molecule has 0 aliphatic rings. The van der Waals surface area contributed by atoms with Crippen molar-refractivity contribution in [3.05, 3.63) is 67.7 Å². The highest BCUT2D eigenvalue weighted by molar-refractivity contribution is 6.31. The van der Waals surface area contributed by atoms with Crippen molar-refractivity contribution in [3.8, 4) is 0 Å². The molecule has 0 heterocycles. The van der Waals surface area contributed by atoms with E-state index in [4.69, 9.17) is 11.6 Å². The van der Waals surface area contributed by atoms with Crippen LogP contribution >= 0.6 is 11.6 Å². The van der Waals surface area contributed by atoms with Crippen LogP contribution in [0.2, 0.25) is 5.02 Å². The van der Waals surface area contributed by atoms with E-state index in [2.05, 4.69) is 34.6 Å². The lowest BCUT2D eigenvalue weighted by molar-refractivity contribution is 0.218. The lowest BCUT2D eigenvalue weighted by Crippen LogP contribution is -2.09. The Bertz CT molecular complexity index is 672. The number of halogens is 1. The van der Waals surface area contributed by atoms with Gasteiger partial charge in [0.1, 0.15) is 6.10 Å². The van der Waals surface area contributed by atoms with Crippen molar-refractivity contribution in [2.75, 3.05) is 0 Å². The maximum atomic E-state index is 10.9.